The van der Waals surface area contributed by atoms with Gasteiger partial charge in [0.1, 0.15) is 6.61 Å². The molecule has 1 N–H and O–H groups in total. The summed E-state index contributed by atoms with van der Waals surface area (Å²) in [6.45, 7) is 3.42. The van der Waals surface area contributed by atoms with Crippen molar-refractivity contribution in [2.75, 3.05) is 40.0 Å². The van der Waals surface area contributed by atoms with Crippen molar-refractivity contribution < 1.29 is 14.6 Å². The molecule has 0 aromatic carbocycles. The monoisotopic (exact) mass is 294 g/mol. The zero-order valence-corrected chi connectivity index (χ0v) is 13.0. The van der Waals surface area contributed by atoms with Gasteiger partial charge in [0.05, 0.1) is 12.7 Å². The van der Waals surface area contributed by atoms with Gasteiger partial charge < -0.3 is 19.1 Å². The molecule has 0 radical (unpaired) electrons. The van der Waals surface area contributed by atoms with E-state index in [-0.39, 0.29) is 13.2 Å². The number of methoxy groups -OCH3 is 1. The van der Waals surface area contributed by atoms with Crippen molar-refractivity contribution in [3.63, 3.8) is 0 Å². The lowest BCUT2D eigenvalue weighted by molar-refractivity contribution is 0.0240. The normalized spacial score (nSPS) is 12.5. The molecule has 0 fully saturated rings. The number of terminal acetylenes is 1. The SMILES string of the molecule is C#CCOC[C@@H](O)CN(CCCOC)Cc1cccn1C. The largest absolute Gasteiger partial charge is 0.389 e. The molecule has 0 aliphatic rings. The fraction of sp³-hybridized carbons (Fsp3) is 0.625. The molecule has 0 amide bonds. The molecule has 5 heteroatoms. The molecule has 1 rings (SSSR count). The number of aryl methyl sites for hydroxylation is 1. The number of aromatic nitrogens is 1. The van der Waals surface area contributed by atoms with Crippen molar-refractivity contribution in [3.8, 4) is 12.3 Å². The number of ether oxygens (including phenoxy) is 2. The number of rotatable bonds is 11. The summed E-state index contributed by atoms with van der Waals surface area (Å²) in [5, 5.41) is 10.0. The van der Waals surface area contributed by atoms with Gasteiger partial charge in [0, 0.05) is 52.3 Å². The Balaban J connectivity index is 2.47. The average molecular weight is 294 g/mol. The highest BCUT2D eigenvalue weighted by Gasteiger charge is 2.13. The van der Waals surface area contributed by atoms with Gasteiger partial charge in [-0.15, -0.1) is 6.42 Å². The predicted molar refractivity (Wildman–Crippen MR) is 82.8 cm³/mol. The van der Waals surface area contributed by atoms with Crippen LogP contribution in [0.2, 0.25) is 0 Å². The Kier molecular flexibility index (Phi) is 8.79. The zero-order valence-electron chi connectivity index (χ0n) is 13.0. The van der Waals surface area contributed by atoms with Crippen LogP contribution in [-0.4, -0.2) is 60.7 Å². The molecule has 1 aromatic heterocycles. The van der Waals surface area contributed by atoms with E-state index in [4.69, 9.17) is 15.9 Å². The van der Waals surface area contributed by atoms with E-state index >= 15 is 0 Å². The number of nitrogens with zero attached hydrogens (tertiary/aromatic N) is 2. The highest BCUT2D eigenvalue weighted by molar-refractivity contribution is 5.06. The van der Waals surface area contributed by atoms with Gasteiger partial charge in [-0.05, 0) is 18.6 Å². The molecule has 0 bridgehead atoms. The van der Waals surface area contributed by atoms with Crippen molar-refractivity contribution in [2.24, 2.45) is 7.05 Å². The summed E-state index contributed by atoms with van der Waals surface area (Å²) in [5.41, 5.74) is 1.21. The highest BCUT2D eigenvalue weighted by Crippen LogP contribution is 2.07. The first kappa shape index (κ1) is 17.7. The fourth-order valence-corrected chi connectivity index (χ4v) is 2.16. The van der Waals surface area contributed by atoms with Gasteiger partial charge in [0.25, 0.3) is 0 Å². The maximum absolute atomic E-state index is 10.0. The second-order valence-electron chi connectivity index (χ2n) is 5.06. The van der Waals surface area contributed by atoms with Crippen molar-refractivity contribution in [1.29, 1.82) is 0 Å². The molecule has 118 valence electrons. The Bertz CT molecular complexity index is 425. The van der Waals surface area contributed by atoms with E-state index in [1.807, 2.05) is 19.3 Å². The summed E-state index contributed by atoms with van der Waals surface area (Å²) in [7, 11) is 3.72. The average Bonchev–Trinajstić information content (AvgIpc) is 2.85. The van der Waals surface area contributed by atoms with E-state index in [1.54, 1.807) is 7.11 Å². The summed E-state index contributed by atoms with van der Waals surface area (Å²) in [6, 6.07) is 4.11. The minimum Gasteiger partial charge on any atom is -0.389 e. The molecule has 1 aromatic rings. The van der Waals surface area contributed by atoms with Crippen LogP contribution in [0.3, 0.4) is 0 Å². The van der Waals surface area contributed by atoms with E-state index in [0.29, 0.717) is 13.2 Å². The Morgan fingerprint density at radius 1 is 1.52 bits per heavy atom. The summed E-state index contributed by atoms with van der Waals surface area (Å²) in [6.07, 6.45) is 7.53. The van der Waals surface area contributed by atoms with Crippen molar-refractivity contribution in [3.05, 3.63) is 24.0 Å². The number of aliphatic hydroxyl groups excluding tert-OH is 1. The van der Waals surface area contributed by atoms with E-state index in [2.05, 4.69) is 21.5 Å². The molecule has 0 aliphatic carbocycles. The van der Waals surface area contributed by atoms with E-state index < -0.39 is 6.10 Å². The molecular weight excluding hydrogens is 268 g/mol. The first-order chi connectivity index (χ1) is 10.2. The fourth-order valence-electron chi connectivity index (χ4n) is 2.16. The molecule has 21 heavy (non-hydrogen) atoms. The maximum Gasteiger partial charge on any atom is 0.107 e. The van der Waals surface area contributed by atoms with Gasteiger partial charge in [0.15, 0.2) is 0 Å². The zero-order chi connectivity index (χ0) is 15.5. The first-order valence-electron chi connectivity index (χ1n) is 7.18. The molecule has 0 unspecified atom stereocenters. The second kappa shape index (κ2) is 10.4. The summed E-state index contributed by atoms with van der Waals surface area (Å²) < 4.78 is 12.4. The van der Waals surface area contributed by atoms with Crippen LogP contribution in [0.15, 0.2) is 18.3 Å². The maximum atomic E-state index is 10.0. The van der Waals surface area contributed by atoms with Crippen LogP contribution in [0.25, 0.3) is 0 Å². The van der Waals surface area contributed by atoms with Crippen LogP contribution in [0, 0.1) is 12.3 Å². The lowest BCUT2D eigenvalue weighted by Crippen LogP contribution is -2.36. The Labute approximate surface area is 127 Å². The van der Waals surface area contributed by atoms with Crippen molar-refractivity contribution in [1.82, 2.24) is 9.47 Å². The lowest BCUT2D eigenvalue weighted by atomic mass is 10.2. The summed E-state index contributed by atoms with van der Waals surface area (Å²) in [4.78, 5) is 2.21. The lowest BCUT2D eigenvalue weighted by Gasteiger charge is -2.25. The standard InChI is InChI=1S/C16H26N2O3/c1-4-10-21-14-16(19)13-18(9-6-11-20-3)12-15-7-5-8-17(15)2/h1,5,7-8,16,19H,6,9-14H2,2-3H3/t16-/m0/s1. The molecule has 5 nitrogen and oxygen atoms in total. The van der Waals surface area contributed by atoms with Gasteiger partial charge in [-0.2, -0.15) is 0 Å². The topological polar surface area (TPSA) is 46.9 Å². The van der Waals surface area contributed by atoms with Crippen LogP contribution in [-0.2, 0) is 23.1 Å². The van der Waals surface area contributed by atoms with Gasteiger partial charge in [-0.25, -0.2) is 0 Å². The van der Waals surface area contributed by atoms with Crippen molar-refractivity contribution >= 4 is 0 Å². The van der Waals surface area contributed by atoms with Crippen LogP contribution in [0.4, 0.5) is 0 Å². The minimum atomic E-state index is -0.541. The predicted octanol–water partition coefficient (Wildman–Crippen LogP) is 0.874. The van der Waals surface area contributed by atoms with Gasteiger partial charge in [0.2, 0.25) is 0 Å². The van der Waals surface area contributed by atoms with Crippen molar-refractivity contribution in [2.45, 2.75) is 19.1 Å². The van der Waals surface area contributed by atoms with Crippen LogP contribution < -0.4 is 0 Å². The van der Waals surface area contributed by atoms with Gasteiger partial charge >= 0.3 is 0 Å². The highest BCUT2D eigenvalue weighted by atomic mass is 16.5. The first-order valence-corrected chi connectivity index (χ1v) is 7.18. The second-order valence-corrected chi connectivity index (χ2v) is 5.06. The third kappa shape index (κ3) is 7.30. The number of hydrogen-bond donors (Lipinski definition) is 1. The smallest absolute Gasteiger partial charge is 0.107 e. The van der Waals surface area contributed by atoms with E-state index in [9.17, 15) is 5.11 Å². The Morgan fingerprint density at radius 3 is 2.95 bits per heavy atom. The molecule has 1 atom stereocenters. The molecule has 0 spiro atoms. The van der Waals surface area contributed by atoms with Crippen LogP contribution >= 0.6 is 0 Å². The quantitative estimate of drug-likeness (QED) is 0.486. The molecule has 0 saturated carbocycles. The number of aliphatic hydroxyl groups is 1. The third-order valence-electron chi connectivity index (χ3n) is 3.22. The third-order valence-corrected chi connectivity index (χ3v) is 3.22. The van der Waals surface area contributed by atoms with Gasteiger partial charge in [-0.1, -0.05) is 5.92 Å². The van der Waals surface area contributed by atoms with E-state index in [1.165, 1.54) is 5.69 Å². The summed E-state index contributed by atoms with van der Waals surface area (Å²) in [5.74, 6) is 2.40. The molecular formula is C16H26N2O3. The van der Waals surface area contributed by atoms with Gasteiger partial charge in [-0.3, -0.25) is 4.90 Å². The van der Waals surface area contributed by atoms with Crippen LogP contribution in [0.5, 0.6) is 0 Å². The Morgan fingerprint density at radius 2 is 2.33 bits per heavy atom. The van der Waals surface area contributed by atoms with Crippen LogP contribution in [0.1, 0.15) is 12.1 Å². The number of hydrogen-bond acceptors (Lipinski definition) is 4. The minimum absolute atomic E-state index is 0.235. The molecule has 0 aliphatic heterocycles. The molecule has 0 saturated heterocycles. The van der Waals surface area contributed by atoms with E-state index in [0.717, 1.165) is 19.5 Å². The summed E-state index contributed by atoms with van der Waals surface area (Å²) >= 11 is 0. The Hall–Kier alpha value is -1.32. The molecule has 1 heterocycles.